The van der Waals surface area contributed by atoms with Crippen LogP contribution in [-0.2, 0) is 15.8 Å². The van der Waals surface area contributed by atoms with Crippen molar-refractivity contribution in [1.82, 2.24) is 34.4 Å². The fourth-order valence-electron chi connectivity index (χ4n) is 4.42. The lowest BCUT2D eigenvalue weighted by Crippen LogP contribution is -2.50. The van der Waals surface area contributed by atoms with Crippen molar-refractivity contribution >= 4 is 47.0 Å². The second-order valence-electron chi connectivity index (χ2n) is 8.91. The molecule has 4 aromatic rings. The first kappa shape index (κ1) is 30.3. The number of amides is 2. The molecule has 0 atom stereocenters. The Morgan fingerprint density at radius 1 is 1.14 bits per heavy atom. The lowest BCUT2D eigenvalue weighted by molar-refractivity contribution is -0.140. The highest BCUT2D eigenvalue weighted by Gasteiger charge is 2.36. The monoisotopic (exact) mass is 607 g/mol. The molecule has 0 saturated carbocycles. The number of halogens is 4. The van der Waals surface area contributed by atoms with Crippen LogP contribution in [0.5, 0.6) is 0 Å². The molecule has 5 N–H and O–H groups in total. The Labute approximate surface area is 241 Å². The van der Waals surface area contributed by atoms with E-state index in [4.69, 9.17) is 27.2 Å². The number of anilines is 2. The standard InChI is InChI=1S/C24H23ClF3N9O2.CH2O2/c25-17-11-14(1-2-15(17)23(39)36-9-7-35(8-10-36)19(38)3-4-29)33-21-22-31-13-18(37(22)6-5-30-21)16-12-32-34-20(16)24(26,27)28;2-1-3/h1-2,5-6,11-13H,3-4,7-10,29H2,(H,30,33)(H,32,34);1H,(H,2,3). The minimum atomic E-state index is -4.62. The summed E-state index contributed by atoms with van der Waals surface area (Å²) < 4.78 is 41.6. The van der Waals surface area contributed by atoms with Crippen LogP contribution < -0.4 is 11.1 Å². The van der Waals surface area contributed by atoms with Gasteiger partial charge in [0, 0.05) is 57.2 Å². The van der Waals surface area contributed by atoms with E-state index in [1.54, 1.807) is 28.0 Å². The molecule has 4 heterocycles. The van der Waals surface area contributed by atoms with Crippen molar-refractivity contribution in [3.05, 3.63) is 59.3 Å². The van der Waals surface area contributed by atoms with E-state index in [-0.39, 0.29) is 59.0 Å². The third kappa shape index (κ3) is 6.44. The van der Waals surface area contributed by atoms with Crippen LogP contribution in [0.25, 0.3) is 16.9 Å². The van der Waals surface area contributed by atoms with E-state index in [1.165, 1.54) is 23.0 Å². The van der Waals surface area contributed by atoms with Crippen LogP contribution in [0.3, 0.4) is 0 Å². The number of nitrogens with zero attached hydrogens (tertiary/aromatic N) is 6. The lowest BCUT2D eigenvalue weighted by Gasteiger charge is -2.35. The maximum atomic E-state index is 13.4. The van der Waals surface area contributed by atoms with Gasteiger partial charge in [-0.2, -0.15) is 18.3 Å². The van der Waals surface area contributed by atoms with Crippen LogP contribution in [0.15, 0.2) is 43.0 Å². The topological polar surface area (TPSA) is 175 Å². The molecule has 0 radical (unpaired) electrons. The zero-order valence-electron chi connectivity index (χ0n) is 21.8. The highest BCUT2D eigenvalue weighted by Crippen LogP contribution is 2.36. The molecule has 1 saturated heterocycles. The van der Waals surface area contributed by atoms with Gasteiger partial charge in [0.1, 0.15) is 5.69 Å². The summed E-state index contributed by atoms with van der Waals surface area (Å²) in [6.45, 7) is 1.64. The summed E-state index contributed by atoms with van der Waals surface area (Å²) in [5.74, 6) is -0.0118. The van der Waals surface area contributed by atoms with Crippen LogP contribution in [0.4, 0.5) is 24.7 Å². The number of rotatable bonds is 6. The zero-order valence-corrected chi connectivity index (χ0v) is 22.6. The van der Waals surface area contributed by atoms with Gasteiger partial charge in [-0.05, 0) is 18.2 Å². The van der Waals surface area contributed by atoms with Gasteiger partial charge in [-0.25, -0.2) is 9.97 Å². The Bertz CT molecular complexity index is 1580. The Morgan fingerprint density at radius 2 is 1.83 bits per heavy atom. The van der Waals surface area contributed by atoms with Crippen molar-refractivity contribution in [2.24, 2.45) is 5.73 Å². The number of fused-ring (bicyclic) bond motifs is 1. The number of hydrogen-bond donors (Lipinski definition) is 4. The van der Waals surface area contributed by atoms with Gasteiger partial charge in [-0.15, -0.1) is 0 Å². The Kier molecular flexibility index (Phi) is 9.27. The average Bonchev–Trinajstić information content (AvgIpc) is 3.61. The van der Waals surface area contributed by atoms with Crippen molar-refractivity contribution in [2.75, 3.05) is 38.0 Å². The molecule has 0 spiro atoms. The summed E-state index contributed by atoms with van der Waals surface area (Å²) in [5, 5.41) is 15.7. The maximum absolute atomic E-state index is 13.4. The molecular formula is C25H25ClF3N9O4. The highest BCUT2D eigenvalue weighted by atomic mass is 35.5. The number of nitrogens with one attached hydrogen (secondary N) is 2. The Morgan fingerprint density at radius 3 is 2.48 bits per heavy atom. The number of benzene rings is 1. The fraction of sp³-hybridized carbons (Fsp3) is 0.280. The molecule has 42 heavy (non-hydrogen) atoms. The molecule has 0 unspecified atom stereocenters. The second-order valence-corrected chi connectivity index (χ2v) is 9.31. The van der Waals surface area contributed by atoms with E-state index in [0.29, 0.717) is 37.4 Å². The van der Waals surface area contributed by atoms with Crippen molar-refractivity contribution in [2.45, 2.75) is 12.6 Å². The van der Waals surface area contributed by atoms with Gasteiger partial charge in [0.25, 0.3) is 12.4 Å². The number of imidazole rings is 1. The molecule has 3 aromatic heterocycles. The number of carboxylic acid groups (broad SMARTS) is 1. The van der Waals surface area contributed by atoms with E-state index >= 15 is 0 Å². The molecule has 1 aliphatic rings. The normalized spacial score (nSPS) is 13.5. The first-order valence-electron chi connectivity index (χ1n) is 12.4. The molecule has 13 nitrogen and oxygen atoms in total. The predicted molar refractivity (Wildman–Crippen MR) is 145 cm³/mol. The predicted octanol–water partition coefficient (Wildman–Crippen LogP) is 2.87. The van der Waals surface area contributed by atoms with Crippen LogP contribution in [0.2, 0.25) is 5.02 Å². The number of hydrogen-bond acceptors (Lipinski definition) is 8. The summed E-state index contributed by atoms with van der Waals surface area (Å²) in [4.78, 5) is 45.3. The molecular weight excluding hydrogens is 583 g/mol. The smallest absolute Gasteiger partial charge is 0.433 e. The largest absolute Gasteiger partial charge is 0.483 e. The molecule has 5 rings (SSSR count). The molecule has 2 amide bonds. The number of carbonyl (C=O) groups excluding carboxylic acids is 2. The summed E-state index contributed by atoms with van der Waals surface area (Å²) in [6.07, 6.45) is 0.970. The van der Waals surface area contributed by atoms with Crippen molar-refractivity contribution < 1.29 is 32.7 Å². The molecule has 1 aromatic carbocycles. The molecule has 0 bridgehead atoms. The molecule has 222 valence electrons. The number of H-pyrrole nitrogens is 1. The minimum absolute atomic E-state index is 0.0307. The number of carbonyl (C=O) groups is 3. The molecule has 1 aliphatic heterocycles. The molecule has 17 heteroatoms. The van der Waals surface area contributed by atoms with E-state index < -0.39 is 11.9 Å². The van der Waals surface area contributed by atoms with E-state index in [1.807, 2.05) is 5.10 Å². The van der Waals surface area contributed by atoms with Gasteiger partial charge in [0.05, 0.1) is 34.2 Å². The number of piperazine rings is 1. The first-order valence-corrected chi connectivity index (χ1v) is 12.8. The summed E-state index contributed by atoms with van der Waals surface area (Å²) in [5.41, 5.74) is 5.58. The number of nitrogens with two attached hydrogens (primary N) is 1. The van der Waals surface area contributed by atoms with Gasteiger partial charge in [-0.3, -0.25) is 23.9 Å². The Hall–Kier alpha value is -4.70. The van der Waals surface area contributed by atoms with Gasteiger partial charge in [0.2, 0.25) is 5.91 Å². The third-order valence-electron chi connectivity index (χ3n) is 6.37. The molecule has 0 aliphatic carbocycles. The SMILES string of the molecule is NCCC(=O)N1CCN(C(=O)c2ccc(Nc3nccn4c(-c5cn[nH]c5C(F)(F)F)cnc34)cc2Cl)CC1.O=CO. The fourth-order valence-corrected chi connectivity index (χ4v) is 4.68. The first-order chi connectivity index (χ1) is 20.1. The maximum Gasteiger partial charge on any atom is 0.433 e. The van der Waals surface area contributed by atoms with E-state index in [0.717, 1.165) is 6.20 Å². The van der Waals surface area contributed by atoms with E-state index in [2.05, 4.69) is 20.4 Å². The van der Waals surface area contributed by atoms with Crippen molar-refractivity contribution in [1.29, 1.82) is 0 Å². The lowest BCUT2D eigenvalue weighted by atomic mass is 10.1. The third-order valence-corrected chi connectivity index (χ3v) is 6.68. The number of aromatic amines is 1. The van der Waals surface area contributed by atoms with Crippen LogP contribution in [-0.4, -0.2) is 90.5 Å². The van der Waals surface area contributed by atoms with Crippen LogP contribution in [0.1, 0.15) is 22.5 Å². The van der Waals surface area contributed by atoms with E-state index in [9.17, 15) is 22.8 Å². The van der Waals surface area contributed by atoms with Crippen LogP contribution >= 0.6 is 11.6 Å². The number of alkyl halides is 3. The van der Waals surface area contributed by atoms with Crippen molar-refractivity contribution in [3.8, 4) is 11.3 Å². The molecule has 1 fully saturated rings. The summed E-state index contributed by atoms with van der Waals surface area (Å²) >= 11 is 6.46. The van der Waals surface area contributed by atoms with Gasteiger partial charge >= 0.3 is 6.18 Å². The highest BCUT2D eigenvalue weighted by molar-refractivity contribution is 6.34. The van der Waals surface area contributed by atoms with Gasteiger partial charge in [0.15, 0.2) is 11.5 Å². The van der Waals surface area contributed by atoms with Crippen molar-refractivity contribution in [3.63, 3.8) is 0 Å². The Balaban J connectivity index is 0.00000129. The zero-order chi connectivity index (χ0) is 30.4. The van der Waals surface area contributed by atoms with Crippen LogP contribution in [0, 0.1) is 0 Å². The summed E-state index contributed by atoms with van der Waals surface area (Å²) in [7, 11) is 0. The number of aromatic nitrogens is 5. The summed E-state index contributed by atoms with van der Waals surface area (Å²) in [6, 6.07) is 4.78. The average molecular weight is 608 g/mol. The van der Waals surface area contributed by atoms with Gasteiger partial charge < -0.3 is 26.0 Å². The second kappa shape index (κ2) is 12.9. The quantitative estimate of drug-likeness (QED) is 0.240. The van der Waals surface area contributed by atoms with Gasteiger partial charge in [-0.1, -0.05) is 11.6 Å². The minimum Gasteiger partial charge on any atom is -0.483 e.